The van der Waals surface area contributed by atoms with Crippen LogP contribution in [0, 0.1) is 11.8 Å². The number of amides is 1. The van der Waals surface area contributed by atoms with Crippen LogP contribution in [-0.4, -0.2) is 32.6 Å². The molecule has 1 unspecified atom stereocenters. The summed E-state index contributed by atoms with van der Waals surface area (Å²) in [6, 6.07) is 0.167. The molecule has 1 aromatic rings. The van der Waals surface area contributed by atoms with Crippen molar-refractivity contribution in [3.63, 3.8) is 0 Å². The Morgan fingerprint density at radius 2 is 2.00 bits per heavy atom. The molecule has 1 saturated carbocycles. The van der Waals surface area contributed by atoms with Crippen LogP contribution in [0.5, 0.6) is 0 Å². The van der Waals surface area contributed by atoms with Gasteiger partial charge in [0.1, 0.15) is 0 Å². The summed E-state index contributed by atoms with van der Waals surface area (Å²) in [6.45, 7) is 6.20. The molecular weight excluding hydrogens is 322 g/mol. The number of nitrogens with two attached hydrogens (primary N) is 1. The van der Waals surface area contributed by atoms with Gasteiger partial charge in [0, 0.05) is 12.5 Å². The number of carbonyl (C=O) groups is 1. The third-order valence-corrected chi connectivity index (χ3v) is 5.90. The molecule has 6 nitrogen and oxygen atoms in total. The number of nitrogens with zero attached hydrogens (tertiary/aromatic N) is 3. The lowest BCUT2D eigenvalue weighted by Crippen LogP contribution is -2.37. The number of nitrogens with one attached hydrogen (secondary N) is 1. The maximum Gasteiger partial charge on any atom is 0.230 e. The molecule has 7 heteroatoms. The van der Waals surface area contributed by atoms with E-state index in [1.165, 1.54) is 43.9 Å². The highest BCUT2D eigenvalue weighted by atomic mass is 32.2. The Kier molecular flexibility index (Phi) is 7.40. The Morgan fingerprint density at radius 1 is 1.29 bits per heavy atom. The van der Waals surface area contributed by atoms with E-state index in [1.54, 1.807) is 4.68 Å². The van der Waals surface area contributed by atoms with Crippen LogP contribution in [0.1, 0.15) is 65.1 Å². The zero-order chi connectivity index (χ0) is 17.5. The van der Waals surface area contributed by atoms with Crippen LogP contribution in [0.15, 0.2) is 5.16 Å². The van der Waals surface area contributed by atoms with Gasteiger partial charge in [0.15, 0.2) is 5.82 Å². The Bertz CT molecular complexity index is 525. The highest BCUT2D eigenvalue weighted by molar-refractivity contribution is 7.99. The molecule has 0 radical (unpaired) electrons. The van der Waals surface area contributed by atoms with E-state index in [1.807, 2.05) is 6.92 Å². The van der Waals surface area contributed by atoms with Crippen LogP contribution in [0.2, 0.25) is 0 Å². The SMILES string of the molecule is CC(C)C(C)NC(=O)CSc1nnc(CCC2CCCCC2)n1N. The molecule has 0 bridgehead atoms. The lowest BCUT2D eigenvalue weighted by atomic mass is 9.86. The molecular formula is C17H31N5OS. The first kappa shape index (κ1) is 19.1. The molecule has 1 aromatic heterocycles. The maximum absolute atomic E-state index is 12.0. The molecule has 24 heavy (non-hydrogen) atoms. The van der Waals surface area contributed by atoms with Crippen LogP contribution < -0.4 is 11.2 Å². The second-order valence-corrected chi connectivity index (χ2v) is 8.14. The van der Waals surface area contributed by atoms with E-state index >= 15 is 0 Å². The molecule has 1 amide bonds. The lowest BCUT2D eigenvalue weighted by molar-refractivity contribution is -0.119. The summed E-state index contributed by atoms with van der Waals surface area (Å²) >= 11 is 1.34. The highest BCUT2D eigenvalue weighted by Crippen LogP contribution is 2.27. The molecule has 1 fully saturated rings. The Labute approximate surface area is 149 Å². The summed E-state index contributed by atoms with van der Waals surface area (Å²) in [5, 5.41) is 11.9. The molecule has 0 spiro atoms. The van der Waals surface area contributed by atoms with Crippen molar-refractivity contribution in [2.45, 2.75) is 76.9 Å². The summed E-state index contributed by atoms with van der Waals surface area (Å²) in [6.07, 6.45) is 8.73. The summed E-state index contributed by atoms with van der Waals surface area (Å²) in [5.74, 6) is 8.45. The number of hydrogen-bond acceptors (Lipinski definition) is 5. The molecule has 0 aromatic carbocycles. The van der Waals surface area contributed by atoms with Crippen LogP contribution in [0.25, 0.3) is 0 Å². The number of carbonyl (C=O) groups excluding carboxylic acids is 1. The lowest BCUT2D eigenvalue weighted by Gasteiger charge is -2.20. The Hall–Kier alpha value is -1.24. The van der Waals surface area contributed by atoms with E-state index in [0.717, 1.165) is 24.6 Å². The smallest absolute Gasteiger partial charge is 0.230 e. The highest BCUT2D eigenvalue weighted by Gasteiger charge is 2.17. The van der Waals surface area contributed by atoms with Crippen molar-refractivity contribution >= 4 is 17.7 Å². The molecule has 3 N–H and O–H groups in total. The zero-order valence-corrected chi connectivity index (χ0v) is 15.9. The Balaban J connectivity index is 1.78. The summed E-state index contributed by atoms with van der Waals surface area (Å²) in [5.41, 5.74) is 0. The minimum atomic E-state index is 0.00737. The maximum atomic E-state index is 12.0. The van der Waals surface area contributed by atoms with Gasteiger partial charge in [-0.1, -0.05) is 57.7 Å². The average molecular weight is 354 g/mol. The molecule has 1 atom stereocenters. The van der Waals surface area contributed by atoms with Crippen molar-refractivity contribution in [2.24, 2.45) is 11.8 Å². The third kappa shape index (κ3) is 5.69. The normalized spacial score (nSPS) is 17.2. The minimum absolute atomic E-state index is 0.00737. The standard InChI is InChI=1S/C17H31N5OS/c1-12(2)13(3)19-16(23)11-24-17-21-20-15(22(17)18)10-9-14-7-5-4-6-8-14/h12-14H,4-11,18H2,1-3H3,(H,19,23). The van der Waals surface area contributed by atoms with Gasteiger partial charge in [-0.2, -0.15) is 0 Å². The number of nitrogen functional groups attached to an aromatic ring is 1. The first-order chi connectivity index (χ1) is 11.5. The van der Waals surface area contributed by atoms with Crippen LogP contribution in [0.4, 0.5) is 0 Å². The minimum Gasteiger partial charge on any atom is -0.353 e. The van der Waals surface area contributed by atoms with Crippen LogP contribution >= 0.6 is 11.8 Å². The predicted molar refractivity (Wildman–Crippen MR) is 98.2 cm³/mol. The number of thioether (sulfide) groups is 1. The fraction of sp³-hybridized carbons (Fsp3) is 0.824. The van der Waals surface area contributed by atoms with Gasteiger partial charge in [0.2, 0.25) is 11.1 Å². The van der Waals surface area contributed by atoms with E-state index in [9.17, 15) is 4.79 Å². The molecule has 1 aliphatic carbocycles. The van der Waals surface area contributed by atoms with E-state index in [2.05, 4.69) is 29.4 Å². The monoisotopic (exact) mass is 353 g/mol. The van der Waals surface area contributed by atoms with Crippen LogP contribution in [-0.2, 0) is 11.2 Å². The van der Waals surface area contributed by atoms with E-state index in [0.29, 0.717) is 16.8 Å². The average Bonchev–Trinajstić information content (AvgIpc) is 2.92. The second-order valence-electron chi connectivity index (χ2n) is 7.20. The first-order valence-electron chi connectivity index (χ1n) is 9.09. The van der Waals surface area contributed by atoms with Gasteiger partial charge >= 0.3 is 0 Å². The summed E-state index contributed by atoms with van der Waals surface area (Å²) in [7, 11) is 0. The quantitative estimate of drug-likeness (QED) is 0.554. The molecule has 1 heterocycles. The van der Waals surface area contributed by atoms with Crippen molar-refractivity contribution in [2.75, 3.05) is 11.6 Å². The fourth-order valence-corrected chi connectivity index (χ4v) is 3.66. The van der Waals surface area contributed by atoms with Gasteiger partial charge in [0.25, 0.3) is 0 Å². The molecule has 0 aliphatic heterocycles. The molecule has 1 aliphatic rings. The second kappa shape index (κ2) is 9.30. The largest absolute Gasteiger partial charge is 0.353 e. The van der Waals surface area contributed by atoms with Gasteiger partial charge in [-0.05, 0) is 25.2 Å². The number of aryl methyl sites for hydroxylation is 1. The first-order valence-corrected chi connectivity index (χ1v) is 10.1. The Morgan fingerprint density at radius 3 is 2.67 bits per heavy atom. The number of hydrogen-bond donors (Lipinski definition) is 2. The van der Waals surface area contributed by atoms with E-state index in [4.69, 9.17) is 5.84 Å². The van der Waals surface area contributed by atoms with Gasteiger partial charge in [-0.25, -0.2) is 4.68 Å². The topological polar surface area (TPSA) is 85.8 Å². The molecule has 136 valence electrons. The van der Waals surface area contributed by atoms with Gasteiger partial charge in [-0.15, -0.1) is 10.2 Å². The van der Waals surface area contributed by atoms with Gasteiger partial charge in [0.05, 0.1) is 5.75 Å². The predicted octanol–water partition coefficient (Wildman–Crippen LogP) is 2.76. The van der Waals surface area contributed by atoms with Crippen molar-refractivity contribution < 1.29 is 4.79 Å². The van der Waals surface area contributed by atoms with E-state index in [-0.39, 0.29) is 11.9 Å². The zero-order valence-electron chi connectivity index (χ0n) is 15.1. The summed E-state index contributed by atoms with van der Waals surface area (Å²) in [4.78, 5) is 12.0. The van der Waals surface area contributed by atoms with Gasteiger partial charge in [-0.3, -0.25) is 4.79 Å². The van der Waals surface area contributed by atoms with Crippen LogP contribution in [0.3, 0.4) is 0 Å². The van der Waals surface area contributed by atoms with Crippen molar-refractivity contribution in [1.82, 2.24) is 20.2 Å². The molecule has 2 rings (SSSR count). The summed E-state index contributed by atoms with van der Waals surface area (Å²) < 4.78 is 1.55. The fourth-order valence-electron chi connectivity index (χ4n) is 2.98. The van der Waals surface area contributed by atoms with Crippen molar-refractivity contribution in [3.05, 3.63) is 5.82 Å². The number of rotatable bonds is 8. The molecule has 0 saturated heterocycles. The van der Waals surface area contributed by atoms with E-state index < -0.39 is 0 Å². The third-order valence-electron chi connectivity index (χ3n) is 4.96. The van der Waals surface area contributed by atoms with Gasteiger partial charge < -0.3 is 11.2 Å². The van der Waals surface area contributed by atoms with Crippen molar-refractivity contribution in [3.8, 4) is 0 Å². The number of aromatic nitrogens is 3. The van der Waals surface area contributed by atoms with Crippen molar-refractivity contribution in [1.29, 1.82) is 0 Å².